The molecule has 2 aromatic carbocycles. The molecule has 4 rings (SSSR count). The lowest BCUT2D eigenvalue weighted by molar-refractivity contribution is 0.242. The molecule has 0 unspecified atom stereocenters. The van der Waals surface area contributed by atoms with Gasteiger partial charge in [-0.15, -0.1) is 0 Å². The number of rotatable bonds is 4. The van der Waals surface area contributed by atoms with Crippen molar-refractivity contribution in [3.63, 3.8) is 0 Å². The van der Waals surface area contributed by atoms with E-state index >= 15 is 0 Å². The third-order valence-corrected chi connectivity index (χ3v) is 5.09. The highest BCUT2D eigenvalue weighted by atomic mass is 79.9. The molecule has 0 radical (unpaired) electrons. The highest BCUT2D eigenvalue weighted by Gasteiger charge is 2.17. The second-order valence-corrected chi connectivity index (χ2v) is 7.79. The van der Waals surface area contributed by atoms with E-state index in [1.54, 1.807) is 6.07 Å². The van der Waals surface area contributed by atoms with Crippen LogP contribution in [0.1, 0.15) is 13.8 Å². The molecular weight excluding hydrogens is 430 g/mol. The summed E-state index contributed by atoms with van der Waals surface area (Å²) in [4.78, 5) is 4.58. The van der Waals surface area contributed by atoms with Gasteiger partial charge in [-0.3, -0.25) is 0 Å². The van der Waals surface area contributed by atoms with Crippen LogP contribution in [0, 0.1) is 0 Å². The summed E-state index contributed by atoms with van der Waals surface area (Å²) in [7, 11) is 1.99. The maximum Gasteiger partial charge on any atom is 0.258 e. The highest BCUT2D eigenvalue weighted by Crippen LogP contribution is 2.34. The molecular formula is C20H17BrClN3O2. The average Bonchev–Trinajstić information content (AvgIpc) is 3.22. The van der Waals surface area contributed by atoms with E-state index in [2.05, 4.69) is 32.1 Å². The topological polar surface area (TPSA) is 53.1 Å². The first-order chi connectivity index (χ1) is 12.9. The quantitative estimate of drug-likeness (QED) is 0.380. The molecule has 138 valence electrons. The van der Waals surface area contributed by atoms with Crippen LogP contribution in [0.4, 0.5) is 0 Å². The lowest BCUT2D eigenvalue weighted by atomic mass is 10.1. The third kappa shape index (κ3) is 3.35. The molecule has 2 aromatic heterocycles. The zero-order valence-corrected chi connectivity index (χ0v) is 17.4. The first kappa shape index (κ1) is 18.1. The molecule has 2 heterocycles. The van der Waals surface area contributed by atoms with E-state index < -0.39 is 0 Å². The van der Waals surface area contributed by atoms with Crippen molar-refractivity contribution in [3.05, 3.63) is 52.1 Å². The van der Waals surface area contributed by atoms with Gasteiger partial charge in [0.1, 0.15) is 5.75 Å². The Labute approximate surface area is 170 Å². The van der Waals surface area contributed by atoms with E-state index in [-0.39, 0.29) is 6.10 Å². The fraction of sp³-hybridized carbons (Fsp3) is 0.200. The number of para-hydroxylation sites is 1. The Bertz CT molecular complexity index is 1130. The maximum atomic E-state index is 6.33. The Morgan fingerprint density at radius 3 is 2.78 bits per heavy atom. The summed E-state index contributed by atoms with van der Waals surface area (Å²) < 4.78 is 14.2. The highest BCUT2D eigenvalue weighted by molar-refractivity contribution is 9.10. The minimum Gasteiger partial charge on any atom is -0.489 e. The van der Waals surface area contributed by atoms with Gasteiger partial charge in [0.15, 0.2) is 0 Å². The van der Waals surface area contributed by atoms with E-state index in [4.69, 9.17) is 20.9 Å². The summed E-state index contributed by atoms with van der Waals surface area (Å²) in [5.74, 6) is 1.57. The second kappa shape index (κ2) is 7.02. The van der Waals surface area contributed by atoms with Gasteiger partial charge < -0.3 is 13.8 Å². The van der Waals surface area contributed by atoms with Crippen molar-refractivity contribution in [1.29, 1.82) is 0 Å². The molecule has 4 aromatic rings. The van der Waals surface area contributed by atoms with Crippen molar-refractivity contribution in [3.8, 4) is 28.6 Å². The first-order valence-corrected chi connectivity index (χ1v) is 9.65. The average molecular weight is 447 g/mol. The number of halogens is 2. The van der Waals surface area contributed by atoms with E-state index in [9.17, 15) is 0 Å². The van der Waals surface area contributed by atoms with Gasteiger partial charge in [0.05, 0.1) is 16.6 Å². The predicted octanol–water partition coefficient (Wildman–Crippen LogP) is 6.10. The molecule has 0 amide bonds. The van der Waals surface area contributed by atoms with E-state index in [1.807, 2.05) is 55.9 Å². The van der Waals surface area contributed by atoms with E-state index in [0.717, 1.165) is 26.5 Å². The number of nitrogens with zero attached hydrogens (tertiary/aromatic N) is 3. The van der Waals surface area contributed by atoms with Gasteiger partial charge in [0.25, 0.3) is 5.89 Å². The summed E-state index contributed by atoms with van der Waals surface area (Å²) in [6.45, 7) is 3.91. The fourth-order valence-electron chi connectivity index (χ4n) is 3.03. The van der Waals surface area contributed by atoms with Crippen molar-refractivity contribution in [1.82, 2.24) is 14.7 Å². The number of benzene rings is 2. The Hall–Kier alpha value is -2.31. The van der Waals surface area contributed by atoms with Crippen LogP contribution in [0.3, 0.4) is 0 Å². The van der Waals surface area contributed by atoms with Crippen LogP contribution in [0.2, 0.25) is 5.02 Å². The maximum absolute atomic E-state index is 6.33. The summed E-state index contributed by atoms with van der Waals surface area (Å²) in [5, 5.41) is 5.78. The van der Waals surface area contributed by atoms with Crippen LogP contribution in [-0.4, -0.2) is 20.8 Å². The van der Waals surface area contributed by atoms with E-state index in [0.29, 0.717) is 22.5 Å². The molecule has 0 spiro atoms. The fourth-order valence-corrected chi connectivity index (χ4v) is 3.89. The van der Waals surface area contributed by atoms with Crippen LogP contribution in [0.25, 0.3) is 33.7 Å². The number of aryl methyl sites for hydroxylation is 1. The zero-order chi connectivity index (χ0) is 19.1. The largest absolute Gasteiger partial charge is 0.489 e. The molecule has 0 N–H and O–H groups in total. The molecule has 0 aliphatic heterocycles. The van der Waals surface area contributed by atoms with Crippen LogP contribution >= 0.6 is 27.5 Å². The molecule has 27 heavy (non-hydrogen) atoms. The monoisotopic (exact) mass is 445 g/mol. The number of ether oxygens (including phenoxy) is 1. The van der Waals surface area contributed by atoms with Gasteiger partial charge in [-0.2, -0.15) is 4.98 Å². The molecule has 0 saturated carbocycles. The molecule has 0 aliphatic carbocycles. The molecule has 0 bridgehead atoms. The predicted molar refractivity (Wildman–Crippen MR) is 110 cm³/mol. The third-order valence-electron chi connectivity index (χ3n) is 4.16. The SMILES string of the molecule is CC(C)Oc1ccc(-c2nc(-c3cccc4c(Br)cn(C)c34)no2)cc1Cl. The van der Waals surface area contributed by atoms with Gasteiger partial charge in [-0.1, -0.05) is 28.9 Å². The second-order valence-electron chi connectivity index (χ2n) is 6.52. The van der Waals surface area contributed by atoms with Crippen LogP contribution in [-0.2, 0) is 7.05 Å². The van der Waals surface area contributed by atoms with Crippen molar-refractivity contribution >= 4 is 38.4 Å². The Morgan fingerprint density at radius 1 is 1.22 bits per heavy atom. The van der Waals surface area contributed by atoms with Crippen LogP contribution in [0.5, 0.6) is 5.75 Å². The minimum absolute atomic E-state index is 0.0495. The van der Waals surface area contributed by atoms with Crippen molar-refractivity contribution in [2.24, 2.45) is 7.05 Å². The lowest BCUT2D eigenvalue weighted by Gasteiger charge is -2.11. The Balaban J connectivity index is 1.74. The lowest BCUT2D eigenvalue weighted by Crippen LogP contribution is -2.05. The normalized spacial score (nSPS) is 11.5. The van der Waals surface area contributed by atoms with Crippen LogP contribution in [0.15, 0.2) is 51.6 Å². The van der Waals surface area contributed by atoms with E-state index in [1.165, 1.54) is 0 Å². The summed E-state index contributed by atoms with van der Waals surface area (Å²) in [6.07, 6.45) is 2.07. The molecule has 5 nitrogen and oxygen atoms in total. The molecule has 0 atom stereocenters. The van der Waals surface area contributed by atoms with Gasteiger partial charge in [0, 0.05) is 34.2 Å². The van der Waals surface area contributed by atoms with Crippen molar-refractivity contribution in [2.45, 2.75) is 20.0 Å². The first-order valence-electron chi connectivity index (χ1n) is 8.48. The number of hydrogen-bond donors (Lipinski definition) is 0. The van der Waals surface area contributed by atoms with Gasteiger partial charge in [-0.25, -0.2) is 0 Å². The summed E-state index contributed by atoms with van der Waals surface area (Å²) in [5.41, 5.74) is 2.69. The summed E-state index contributed by atoms with van der Waals surface area (Å²) in [6, 6.07) is 11.5. The van der Waals surface area contributed by atoms with Crippen LogP contribution < -0.4 is 4.74 Å². The molecule has 0 fully saturated rings. The number of fused-ring (bicyclic) bond motifs is 1. The Morgan fingerprint density at radius 2 is 2.04 bits per heavy atom. The van der Waals surface area contributed by atoms with Gasteiger partial charge in [0.2, 0.25) is 5.82 Å². The minimum atomic E-state index is 0.0495. The zero-order valence-electron chi connectivity index (χ0n) is 15.0. The molecule has 0 saturated heterocycles. The smallest absolute Gasteiger partial charge is 0.258 e. The summed E-state index contributed by atoms with van der Waals surface area (Å²) >= 11 is 9.91. The standard InChI is InChI=1S/C20H17BrClN3O2/c1-11(2)26-17-8-7-12(9-16(17)22)20-23-19(24-27-20)14-6-4-5-13-15(21)10-25(3)18(13)14/h4-11H,1-3H3. The Kier molecular flexibility index (Phi) is 4.70. The molecule has 0 aliphatic rings. The van der Waals surface area contributed by atoms with Crippen molar-refractivity contribution in [2.75, 3.05) is 0 Å². The number of aromatic nitrogens is 3. The van der Waals surface area contributed by atoms with Gasteiger partial charge >= 0.3 is 0 Å². The van der Waals surface area contributed by atoms with Crippen molar-refractivity contribution < 1.29 is 9.26 Å². The number of hydrogen-bond acceptors (Lipinski definition) is 4. The molecule has 7 heteroatoms. The van der Waals surface area contributed by atoms with Gasteiger partial charge in [-0.05, 0) is 54.0 Å².